The first-order valence-corrected chi connectivity index (χ1v) is 8.52. The fraction of sp³-hybridized carbons (Fsp3) is 0.333. The minimum atomic E-state index is -3.04. The summed E-state index contributed by atoms with van der Waals surface area (Å²) >= 11 is 0. The summed E-state index contributed by atoms with van der Waals surface area (Å²) in [5, 5.41) is 2.00. The Bertz CT molecular complexity index is 708. The van der Waals surface area contributed by atoms with Crippen molar-refractivity contribution in [1.82, 2.24) is 0 Å². The first kappa shape index (κ1) is 14.8. The van der Waals surface area contributed by atoms with Crippen LogP contribution in [0.2, 0.25) is 0 Å². The highest BCUT2D eigenvalue weighted by Crippen LogP contribution is 2.32. The molecule has 108 valence electrons. The van der Waals surface area contributed by atoms with Crippen molar-refractivity contribution in [3.63, 3.8) is 0 Å². The van der Waals surface area contributed by atoms with Crippen molar-refractivity contribution in [2.45, 2.75) is 13.0 Å². The van der Waals surface area contributed by atoms with Gasteiger partial charge in [-0.3, -0.25) is 0 Å². The van der Waals surface area contributed by atoms with E-state index in [1.54, 1.807) is 0 Å². The molecular weight excluding hydrogens is 274 g/mol. The van der Waals surface area contributed by atoms with E-state index in [0.717, 1.165) is 16.3 Å². The van der Waals surface area contributed by atoms with Gasteiger partial charge in [0.25, 0.3) is 0 Å². The van der Waals surface area contributed by atoms with E-state index in [0.29, 0.717) is 5.75 Å². The molecular formula is C15H19NO3S. The van der Waals surface area contributed by atoms with Crippen molar-refractivity contribution in [2.24, 2.45) is 5.73 Å². The molecule has 0 fully saturated rings. The van der Waals surface area contributed by atoms with E-state index in [1.807, 2.05) is 43.3 Å². The number of benzene rings is 2. The maximum absolute atomic E-state index is 11.2. The smallest absolute Gasteiger partial charge is 0.150 e. The highest BCUT2D eigenvalue weighted by molar-refractivity contribution is 7.90. The molecule has 0 aliphatic rings. The number of rotatable bonds is 5. The SMILES string of the molecule is CC(N)c1ccc2ccccc2c1OCCS(C)(=O)=O. The van der Waals surface area contributed by atoms with Gasteiger partial charge in [-0.2, -0.15) is 0 Å². The molecule has 2 rings (SSSR count). The number of hydrogen-bond donors (Lipinski definition) is 1. The maximum atomic E-state index is 11.2. The van der Waals surface area contributed by atoms with Crippen LogP contribution in [0.25, 0.3) is 10.8 Å². The van der Waals surface area contributed by atoms with Gasteiger partial charge in [0.2, 0.25) is 0 Å². The van der Waals surface area contributed by atoms with Crippen molar-refractivity contribution in [2.75, 3.05) is 18.6 Å². The van der Waals surface area contributed by atoms with E-state index in [-0.39, 0.29) is 18.4 Å². The average Bonchev–Trinajstić information content (AvgIpc) is 2.37. The summed E-state index contributed by atoms with van der Waals surface area (Å²) in [7, 11) is -3.04. The fourth-order valence-electron chi connectivity index (χ4n) is 2.07. The topological polar surface area (TPSA) is 69.4 Å². The second kappa shape index (κ2) is 5.81. The van der Waals surface area contributed by atoms with Crippen molar-refractivity contribution in [1.29, 1.82) is 0 Å². The first-order chi connectivity index (χ1) is 9.38. The predicted octanol–water partition coefficient (Wildman–Crippen LogP) is 2.28. The van der Waals surface area contributed by atoms with E-state index in [9.17, 15) is 8.42 Å². The summed E-state index contributed by atoms with van der Waals surface area (Å²) in [6.07, 6.45) is 1.20. The van der Waals surface area contributed by atoms with Crippen LogP contribution in [0.5, 0.6) is 5.75 Å². The van der Waals surface area contributed by atoms with Gasteiger partial charge >= 0.3 is 0 Å². The van der Waals surface area contributed by atoms with Gasteiger partial charge in [0.15, 0.2) is 9.84 Å². The van der Waals surface area contributed by atoms with Gasteiger partial charge < -0.3 is 10.5 Å². The Morgan fingerprint density at radius 2 is 1.90 bits per heavy atom. The third-order valence-electron chi connectivity index (χ3n) is 3.10. The summed E-state index contributed by atoms with van der Waals surface area (Å²) in [6, 6.07) is 11.6. The quantitative estimate of drug-likeness (QED) is 0.918. The minimum Gasteiger partial charge on any atom is -0.492 e. The van der Waals surface area contributed by atoms with Crippen LogP contribution in [0.4, 0.5) is 0 Å². The second-order valence-electron chi connectivity index (χ2n) is 4.97. The third-order valence-corrected chi connectivity index (χ3v) is 4.01. The Morgan fingerprint density at radius 1 is 1.20 bits per heavy atom. The van der Waals surface area contributed by atoms with Gasteiger partial charge in [-0.1, -0.05) is 36.4 Å². The summed E-state index contributed by atoms with van der Waals surface area (Å²) in [4.78, 5) is 0. The van der Waals surface area contributed by atoms with Crippen molar-refractivity contribution < 1.29 is 13.2 Å². The minimum absolute atomic E-state index is 0.00534. The Morgan fingerprint density at radius 3 is 2.55 bits per heavy atom. The van der Waals surface area contributed by atoms with Crippen molar-refractivity contribution >= 4 is 20.6 Å². The standard InChI is InChI=1S/C15H19NO3S/c1-11(16)13-8-7-12-5-3-4-6-14(12)15(13)19-9-10-20(2,17)18/h3-8,11H,9-10,16H2,1-2H3. The van der Waals surface area contributed by atoms with Gasteiger partial charge in [-0.05, 0) is 12.3 Å². The lowest BCUT2D eigenvalue weighted by Gasteiger charge is -2.16. The molecule has 1 atom stereocenters. The largest absolute Gasteiger partial charge is 0.492 e. The van der Waals surface area contributed by atoms with E-state index in [2.05, 4.69) is 0 Å². The highest BCUT2D eigenvalue weighted by atomic mass is 32.2. The summed E-state index contributed by atoms with van der Waals surface area (Å²) in [5.41, 5.74) is 6.85. The molecule has 0 aliphatic carbocycles. The highest BCUT2D eigenvalue weighted by Gasteiger charge is 2.13. The second-order valence-corrected chi connectivity index (χ2v) is 7.23. The van der Waals surface area contributed by atoms with Crippen LogP contribution in [0, 0.1) is 0 Å². The molecule has 1 unspecified atom stereocenters. The molecule has 0 aliphatic heterocycles. The van der Waals surface area contributed by atoms with E-state index >= 15 is 0 Å². The van der Waals surface area contributed by atoms with Crippen LogP contribution in [-0.4, -0.2) is 27.0 Å². The molecule has 4 nitrogen and oxygen atoms in total. The molecule has 0 saturated heterocycles. The van der Waals surface area contributed by atoms with Crippen molar-refractivity contribution in [3.8, 4) is 5.75 Å². The van der Waals surface area contributed by atoms with Crippen LogP contribution < -0.4 is 10.5 Å². The van der Waals surface area contributed by atoms with Gasteiger partial charge in [-0.25, -0.2) is 8.42 Å². The first-order valence-electron chi connectivity index (χ1n) is 6.46. The average molecular weight is 293 g/mol. The normalized spacial score (nSPS) is 13.3. The lowest BCUT2D eigenvalue weighted by molar-refractivity contribution is 0.340. The van der Waals surface area contributed by atoms with E-state index in [1.165, 1.54) is 6.26 Å². The fourth-order valence-corrected chi connectivity index (χ4v) is 2.46. The van der Waals surface area contributed by atoms with Crippen LogP contribution in [0.15, 0.2) is 36.4 Å². The van der Waals surface area contributed by atoms with Crippen LogP contribution >= 0.6 is 0 Å². The Hall–Kier alpha value is -1.59. The Kier molecular flexibility index (Phi) is 4.30. The Balaban J connectivity index is 2.39. The zero-order chi connectivity index (χ0) is 14.8. The van der Waals surface area contributed by atoms with Crippen molar-refractivity contribution in [3.05, 3.63) is 42.0 Å². The molecule has 2 N–H and O–H groups in total. The third kappa shape index (κ3) is 3.49. The van der Waals surface area contributed by atoms with Crippen LogP contribution in [0.1, 0.15) is 18.5 Å². The molecule has 0 spiro atoms. The molecule has 5 heteroatoms. The molecule has 2 aromatic rings. The summed E-state index contributed by atoms with van der Waals surface area (Å²) < 4.78 is 28.1. The van der Waals surface area contributed by atoms with Gasteiger partial charge in [0.1, 0.15) is 12.4 Å². The maximum Gasteiger partial charge on any atom is 0.150 e. The van der Waals surface area contributed by atoms with Crippen LogP contribution in [-0.2, 0) is 9.84 Å². The van der Waals surface area contributed by atoms with Gasteiger partial charge in [0.05, 0.1) is 5.75 Å². The molecule has 0 radical (unpaired) electrons. The molecule has 2 aromatic carbocycles. The zero-order valence-corrected chi connectivity index (χ0v) is 12.5. The van der Waals surface area contributed by atoms with Crippen LogP contribution in [0.3, 0.4) is 0 Å². The van der Waals surface area contributed by atoms with E-state index in [4.69, 9.17) is 10.5 Å². The summed E-state index contributed by atoms with van der Waals surface area (Å²) in [6.45, 7) is 2.01. The molecule has 0 bridgehead atoms. The molecule has 0 heterocycles. The lowest BCUT2D eigenvalue weighted by atomic mass is 10.0. The number of nitrogens with two attached hydrogens (primary N) is 1. The lowest BCUT2D eigenvalue weighted by Crippen LogP contribution is -2.14. The molecule has 0 saturated carbocycles. The molecule has 0 amide bonds. The number of hydrogen-bond acceptors (Lipinski definition) is 4. The monoisotopic (exact) mass is 293 g/mol. The zero-order valence-electron chi connectivity index (χ0n) is 11.7. The molecule has 0 aromatic heterocycles. The number of fused-ring (bicyclic) bond motifs is 1. The summed E-state index contributed by atoms with van der Waals surface area (Å²) in [5.74, 6) is 0.677. The Labute approximate surface area is 119 Å². The number of ether oxygens (including phenoxy) is 1. The number of sulfone groups is 1. The van der Waals surface area contributed by atoms with Gasteiger partial charge in [0, 0.05) is 23.2 Å². The molecule has 20 heavy (non-hydrogen) atoms. The predicted molar refractivity (Wildman–Crippen MR) is 81.8 cm³/mol. The van der Waals surface area contributed by atoms with E-state index < -0.39 is 9.84 Å². The van der Waals surface area contributed by atoms with Gasteiger partial charge in [-0.15, -0.1) is 0 Å².